The van der Waals surface area contributed by atoms with Gasteiger partial charge in [0.15, 0.2) is 5.76 Å². The molecule has 3 nitrogen and oxygen atoms in total. The second kappa shape index (κ2) is 8.26. The Hall–Kier alpha value is -2.85. The minimum atomic E-state index is -0.343. The third-order valence-corrected chi connectivity index (χ3v) is 6.07. The van der Waals surface area contributed by atoms with Crippen LogP contribution in [0.2, 0.25) is 0 Å². The van der Waals surface area contributed by atoms with Gasteiger partial charge in [-0.25, -0.2) is 0 Å². The molecule has 4 heteroatoms. The van der Waals surface area contributed by atoms with Crippen molar-refractivity contribution in [1.29, 1.82) is 0 Å². The molecule has 0 saturated carbocycles. The molecule has 1 atom stereocenters. The fourth-order valence-corrected chi connectivity index (χ4v) is 4.33. The first-order chi connectivity index (χ1) is 14.1. The predicted octanol–water partition coefficient (Wildman–Crippen LogP) is 5.85. The van der Waals surface area contributed by atoms with E-state index in [0.29, 0.717) is 12.1 Å². The summed E-state index contributed by atoms with van der Waals surface area (Å²) in [5.74, 6) is -0.486. The lowest BCUT2D eigenvalue weighted by atomic mass is 9.93. The molecule has 3 aromatic carbocycles. The van der Waals surface area contributed by atoms with E-state index in [1.54, 1.807) is 4.90 Å². The van der Waals surface area contributed by atoms with E-state index in [-0.39, 0.29) is 17.7 Å². The van der Waals surface area contributed by atoms with Gasteiger partial charge in [0.05, 0.1) is 6.04 Å². The van der Waals surface area contributed by atoms with E-state index in [0.717, 1.165) is 33.1 Å². The first-order valence-electron chi connectivity index (χ1n) is 9.66. The van der Waals surface area contributed by atoms with Gasteiger partial charge in [0.1, 0.15) is 0 Å². The molecule has 1 unspecified atom stereocenters. The van der Waals surface area contributed by atoms with Gasteiger partial charge in [0.25, 0.3) is 5.91 Å². The van der Waals surface area contributed by atoms with Gasteiger partial charge in [-0.2, -0.15) is 0 Å². The van der Waals surface area contributed by atoms with Crippen LogP contribution in [0.5, 0.6) is 0 Å². The maximum atomic E-state index is 13.1. The summed E-state index contributed by atoms with van der Waals surface area (Å²) in [6.45, 7) is 2.55. The molecule has 3 aromatic rings. The number of aryl methyl sites for hydroxylation is 1. The van der Waals surface area contributed by atoms with Gasteiger partial charge in [-0.3, -0.25) is 4.79 Å². The van der Waals surface area contributed by atoms with Gasteiger partial charge in [-0.15, -0.1) is 0 Å². The molecule has 4 rings (SSSR count). The van der Waals surface area contributed by atoms with Crippen molar-refractivity contribution < 1.29 is 9.90 Å². The SMILES string of the molecule is Cc1ccc(C2=C(O)C(=O)N(CCc3ccccc3)C2c2ccccc2Br)cc1. The highest BCUT2D eigenvalue weighted by Crippen LogP contribution is 2.45. The molecular weight excluding hydrogens is 426 g/mol. The van der Waals surface area contributed by atoms with Crippen molar-refractivity contribution in [2.45, 2.75) is 19.4 Å². The minimum absolute atomic E-state index is 0.164. The maximum Gasteiger partial charge on any atom is 0.289 e. The lowest BCUT2D eigenvalue weighted by Crippen LogP contribution is -2.32. The summed E-state index contributed by atoms with van der Waals surface area (Å²) in [6.07, 6.45) is 0.724. The molecule has 1 aliphatic heterocycles. The van der Waals surface area contributed by atoms with Crippen LogP contribution in [-0.4, -0.2) is 22.5 Å². The van der Waals surface area contributed by atoms with Crippen molar-refractivity contribution in [3.05, 3.63) is 111 Å². The zero-order valence-corrected chi connectivity index (χ0v) is 17.8. The first-order valence-corrected chi connectivity index (χ1v) is 10.4. The lowest BCUT2D eigenvalue weighted by Gasteiger charge is -2.28. The highest BCUT2D eigenvalue weighted by molar-refractivity contribution is 9.10. The highest BCUT2D eigenvalue weighted by atomic mass is 79.9. The van der Waals surface area contributed by atoms with E-state index < -0.39 is 0 Å². The largest absolute Gasteiger partial charge is 0.503 e. The number of carbonyl (C=O) groups excluding carboxylic acids is 1. The van der Waals surface area contributed by atoms with E-state index >= 15 is 0 Å². The molecule has 1 N–H and O–H groups in total. The molecule has 0 fully saturated rings. The number of carbonyl (C=O) groups is 1. The highest BCUT2D eigenvalue weighted by Gasteiger charge is 2.41. The van der Waals surface area contributed by atoms with Gasteiger partial charge in [-0.05, 0) is 36.1 Å². The molecule has 146 valence electrons. The smallest absolute Gasteiger partial charge is 0.289 e. The monoisotopic (exact) mass is 447 g/mol. The summed E-state index contributed by atoms with van der Waals surface area (Å²) < 4.78 is 0.918. The molecule has 1 heterocycles. The Balaban J connectivity index is 1.76. The van der Waals surface area contributed by atoms with Crippen molar-refractivity contribution in [2.75, 3.05) is 6.54 Å². The topological polar surface area (TPSA) is 40.5 Å². The van der Waals surface area contributed by atoms with E-state index in [1.807, 2.05) is 73.7 Å². The van der Waals surface area contributed by atoms with E-state index in [4.69, 9.17) is 0 Å². The van der Waals surface area contributed by atoms with Crippen LogP contribution in [0.3, 0.4) is 0 Å². The van der Waals surface area contributed by atoms with E-state index in [2.05, 4.69) is 28.1 Å². The zero-order valence-electron chi connectivity index (χ0n) is 16.2. The Morgan fingerprint density at radius 3 is 2.28 bits per heavy atom. The number of aliphatic hydroxyl groups is 1. The van der Waals surface area contributed by atoms with Gasteiger partial charge in [0.2, 0.25) is 0 Å². The molecule has 0 aromatic heterocycles. The normalized spacial score (nSPS) is 16.6. The Morgan fingerprint density at radius 2 is 1.59 bits per heavy atom. The van der Waals surface area contributed by atoms with Crippen molar-refractivity contribution in [3.63, 3.8) is 0 Å². The Morgan fingerprint density at radius 1 is 0.931 bits per heavy atom. The van der Waals surface area contributed by atoms with E-state index in [9.17, 15) is 9.90 Å². The van der Waals surface area contributed by atoms with Gasteiger partial charge >= 0.3 is 0 Å². The van der Waals surface area contributed by atoms with Gasteiger partial charge < -0.3 is 10.0 Å². The molecular formula is C25H22BrNO2. The molecule has 1 aliphatic rings. The zero-order chi connectivity index (χ0) is 20.4. The van der Waals surface area contributed by atoms with Crippen LogP contribution >= 0.6 is 15.9 Å². The number of benzene rings is 3. The van der Waals surface area contributed by atoms with Crippen LogP contribution in [0.1, 0.15) is 28.3 Å². The van der Waals surface area contributed by atoms with Crippen LogP contribution in [0.25, 0.3) is 5.57 Å². The number of halogens is 1. The standard InChI is InChI=1S/C25H22BrNO2/c1-17-11-13-19(14-12-17)22-23(20-9-5-6-10-21(20)26)27(25(29)24(22)28)16-15-18-7-3-2-4-8-18/h2-14,23,28H,15-16H2,1H3. The summed E-state index contributed by atoms with van der Waals surface area (Å²) in [4.78, 5) is 14.9. The number of amides is 1. The summed E-state index contributed by atoms with van der Waals surface area (Å²) in [7, 11) is 0. The number of hydrogen-bond acceptors (Lipinski definition) is 2. The summed E-state index contributed by atoms with van der Waals surface area (Å²) in [5, 5.41) is 10.8. The molecule has 0 radical (unpaired) electrons. The summed E-state index contributed by atoms with van der Waals surface area (Å²) in [6, 6.07) is 25.6. The molecule has 29 heavy (non-hydrogen) atoms. The van der Waals surface area contributed by atoms with Crippen molar-refractivity contribution >= 4 is 27.4 Å². The van der Waals surface area contributed by atoms with Crippen LogP contribution in [0.15, 0.2) is 89.1 Å². The second-order valence-electron chi connectivity index (χ2n) is 7.29. The Labute approximate surface area is 179 Å². The molecule has 1 amide bonds. The quantitative estimate of drug-likeness (QED) is 0.532. The van der Waals surface area contributed by atoms with Crippen molar-refractivity contribution in [2.24, 2.45) is 0 Å². The Bertz CT molecular complexity index is 1060. The summed E-state index contributed by atoms with van der Waals surface area (Å²) >= 11 is 3.64. The Kier molecular flexibility index (Phi) is 5.54. The third-order valence-electron chi connectivity index (χ3n) is 5.35. The maximum absolute atomic E-state index is 13.1. The van der Waals surface area contributed by atoms with Crippen LogP contribution in [0, 0.1) is 6.92 Å². The third kappa shape index (κ3) is 3.85. The van der Waals surface area contributed by atoms with Gasteiger partial charge in [0, 0.05) is 16.6 Å². The van der Waals surface area contributed by atoms with Crippen LogP contribution in [0.4, 0.5) is 0 Å². The number of rotatable bonds is 5. The second-order valence-corrected chi connectivity index (χ2v) is 8.14. The summed E-state index contributed by atoms with van der Waals surface area (Å²) in [5.41, 5.74) is 4.79. The lowest BCUT2D eigenvalue weighted by molar-refractivity contribution is -0.129. The number of aliphatic hydroxyl groups excluding tert-OH is 1. The molecule has 0 saturated heterocycles. The predicted molar refractivity (Wildman–Crippen MR) is 119 cm³/mol. The fraction of sp³-hybridized carbons (Fsp3) is 0.160. The van der Waals surface area contributed by atoms with Crippen molar-refractivity contribution in [1.82, 2.24) is 4.90 Å². The first kappa shape index (κ1) is 19.5. The fourth-order valence-electron chi connectivity index (χ4n) is 3.83. The van der Waals surface area contributed by atoms with Crippen LogP contribution in [-0.2, 0) is 11.2 Å². The number of hydrogen-bond donors (Lipinski definition) is 1. The number of nitrogens with zero attached hydrogens (tertiary/aromatic N) is 1. The molecule has 0 bridgehead atoms. The van der Waals surface area contributed by atoms with E-state index in [1.165, 1.54) is 0 Å². The van der Waals surface area contributed by atoms with Gasteiger partial charge in [-0.1, -0.05) is 94.3 Å². The molecule has 0 aliphatic carbocycles. The van der Waals surface area contributed by atoms with Crippen molar-refractivity contribution in [3.8, 4) is 0 Å². The minimum Gasteiger partial charge on any atom is -0.503 e. The van der Waals surface area contributed by atoms with Crippen LogP contribution < -0.4 is 0 Å². The average molecular weight is 448 g/mol. The average Bonchev–Trinajstić information content (AvgIpc) is 2.98. The molecule has 0 spiro atoms.